The second-order valence-electron chi connectivity index (χ2n) is 6.73. The molecule has 0 aliphatic heterocycles. The number of carbonyl (C=O) groups is 2. The number of ether oxygens (including phenoxy) is 1. The van der Waals surface area contributed by atoms with Gasteiger partial charge in [-0.2, -0.15) is 0 Å². The van der Waals surface area contributed by atoms with Crippen molar-refractivity contribution in [3.63, 3.8) is 0 Å². The minimum atomic E-state index is -1.19. The van der Waals surface area contributed by atoms with Gasteiger partial charge >= 0.3 is 5.97 Å². The maximum Gasteiger partial charge on any atom is 0.331 e. The molecule has 0 aliphatic rings. The first-order valence-corrected chi connectivity index (χ1v) is 9.48. The number of nitrogens with zero attached hydrogens (tertiary/aromatic N) is 1. The topological polar surface area (TPSA) is 98.5 Å². The molecule has 1 atom stereocenters. The molecule has 156 valence electrons. The fourth-order valence-electron chi connectivity index (χ4n) is 2.85. The van der Waals surface area contributed by atoms with Gasteiger partial charge in [0, 0.05) is 23.4 Å². The van der Waals surface area contributed by atoms with Gasteiger partial charge < -0.3 is 10.1 Å². The lowest BCUT2D eigenvalue weighted by Crippen LogP contribution is -2.25. The monoisotopic (exact) mass is 416 g/mol. The molecule has 3 aromatic carbocycles. The van der Waals surface area contributed by atoms with E-state index in [1.807, 2.05) is 19.1 Å². The molecule has 0 fully saturated rings. The molecule has 0 heterocycles. The van der Waals surface area contributed by atoms with Crippen LogP contribution in [0.1, 0.15) is 22.8 Å². The number of nitro groups is 1. The zero-order valence-corrected chi connectivity index (χ0v) is 16.7. The molecule has 0 saturated carbocycles. The van der Waals surface area contributed by atoms with E-state index in [1.54, 1.807) is 48.5 Å². The van der Waals surface area contributed by atoms with E-state index in [0.29, 0.717) is 11.3 Å². The molecule has 7 nitrogen and oxygen atoms in total. The van der Waals surface area contributed by atoms with E-state index < -0.39 is 22.9 Å². The number of esters is 1. The molecule has 3 aromatic rings. The molecule has 0 bridgehead atoms. The van der Waals surface area contributed by atoms with Gasteiger partial charge in [0.15, 0.2) is 0 Å². The van der Waals surface area contributed by atoms with Crippen molar-refractivity contribution in [1.82, 2.24) is 0 Å². The lowest BCUT2D eigenvalue weighted by atomic mass is 10.1. The van der Waals surface area contributed by atoms with Gasteiger partial charge in [-0.1, -0.05) is 60.2 Å². The van der Waals surface area contributed by atoms with Crippen LogP contribution in [0.5, 0.6) is 0 Å². The molecule has 3 rings (SSSR count). The largest absolute Gasteiger partial charge is 0.444 e. The van der Waals surface area contributed by atoms with Crippen LogP contribution in [0.4, 0.5) is 11.4 Å². The summed E-state index contributed by atoms with van der Waals surface area (Å²) in [4.78, 5) is 35.9. The molecule has 0 aromatic heterocycles. The average Bonchev–Trinajstić information content (AvgIpc) is 2.78. The van der Waals surface area contributed by atoms with Crippen LogP contribution < -0.4 is 5.32 Å². The number of rotatable bonds is 7. The number of amides is 1. The molecule has 1 unspecified atom stereocenters. The summed E-state index contributed by atoms with van der Waals surface area (Å²) in [6.45, 7) is 1.93. The van der Waals surface area contributed by atoms with Crippen molar-refractivity contribution in [1.29, 1.82) is 0 Å². The van der Waals surface area contributed by atoms with E-state index in [4.69, 9.17) is 4.74 Å². The van der Waals surface area contributed by atoms with Gasteiger partial charge in [-0.3, -0.25) is 14.9 Å². The second-order valence-corrected chi connectivity index (χ2v) is 6.73. The maximum atomic E-state index is 12.8. The normalized spacial score (nSPS) is 11.6. The minimum Gasteiger partial charge on any atom is -0.444 e. The van der Waals surface area contributed by atoms with Crippen LogP contribution in [0.15, 0.2) is 84.9 Å². The Labute approximate surface area is 179 Å². The molecule has 0 aliphatic carbocycles. The van der Waals surface area contributed by atoms with E-state index in [0.717, 1.165) is 11.6 Å². The van der Waals surface area contributed by atoms with Crippen LogP contribution in [0.25, 0.3) is 6.08 Å². The van der Waals surface area contributed by atoms with Crippen molar-refractivity contribution in [2.45, 2.75) is 13.0 Å². The van der Waals surface area contributed by atoms with Crippen LogP contribution in [-0.2, 0) is 14.3 Å². The summed E-state index contributed by atoms with van der Waals surface area (Å²) in [6.07, 6.45) is 1.17. The Morgan fingerprint density at radius 1 is 0.968 bits per heavy atom. The summed E-state index contributed by atoms with van der Waals surface area (Å²) in [6, 6.07) is 21.9. The lowest BCUT2D eigenvalue weighted by Gasteiger charge is -2.17. The zero-order valence-electron chi connectivity index (χ0n) is 16.7. The molecule has 0 saturated heterocycles. The number of benzene rings is 3. The van der Waals surface area contributed by atoms with Crippen molar-refractivity contribution in [3.8, 4) is 0 Å². The highest BCUT2D eigenvalue weighted by molar-refractivity contribution is 5.97. The predicted octanol–water partition coefficient (Wildman–Crippen LogP) is 4.84. The molecule has 31 heavy (non-hydrogen) atoms. The summed E-state index contributed by atoms with van der Waals surface area (Å²) < 4.78 is 5.41. The van der Waals surface area contributed by atoms with Gasteiger partial charge in [0.2, 0.25) is 6.10 Å². The number of nitro benzene ring substituents is 1. The standard InChI is InChI=1S/C24H20N2O5/c1-17-11-14-20(15-12-17)25-24(28)23(19-8-3-2-4-9-19)31-22(27)16-13-18-7-5-6-10-21(18)26(29)30/h2-16,23H,1H3,(H,25,28)/b16-13+. The molecule has 1 amide bonds. The van der Waals surface area contributed by atoms with Crippen molar-refractivity contribution >= 4 is 29.3 Å². The fraction of sp³-hybridized carbons (Fsp3) is 0.0833. The van der Waals surface area contributed by atoms with E-state index in [-0.39, 0.29) is 11.3 Å². The predicted molar refractivity (Wildman–Crippen MR) is 117 cm³/mol. The molecule has 7 heteroatoms. The van der Waals surface area contributed by atoms with E-state index in [1.165, 1.54) is 24.3 Å². The molecule has 0 spiro atoms. The summed E-state index contributed by atoms with van der Waals surface area (Å²) in [7, 11) is 0. The van der Waals surface area contributed by atoms with Gasteiger partial charge in [0.1, 0.15) is 0 Å². The number of aryl methyl sites for hydroxylation is 1. The Morgan fingerprint density at radius 2 is 1.61 bits per heavy atom. The van der Waals surface area contributed by atoms with E-state index in [2.05, 4.69) is 5.32 Å². The Kier molecular flexibility index (Phi) is 6.90. The van der Waals surface area contributed by atoms with Gasteiger partial charge in [-0.05, 0) is 31.2 Å². The van der Waals surface area contributed by atoms with Crippen LogP contribution in [-0.4, -0.2) is 16.8 Å². The Hall–Kier alpha value is -4.26. The van der Waals surface area contributed by atoms with Crippen molar-refractivity contribution in [3.05, 3.63) is 112 Å². The summed E-state index contributed by atoms with van der Waals surface area (Å²) in [5.74, 6) is -1.31. The molecule has 1 N–H and O–H groups in total. The number of nitrogens with one attached hydrogen (secondary N) is 1. The molecular formula is C24H20N2O5. The van der Waals surface area contributed by atoms with E-state index >= 15 is 0 Å². The molecule has 0 radical (unpaired) electrons. The third-order valence-corrected chi connectivity index (χ3v) is 4.43. The SMILES string of the molecule is Cc1ccc(NC(=O)C(OC(=O)/C=C/c2ccccc2[N+](=O)[O-])c2ccccc2)cc1. The summed E-state index contributed by atoms with van der Waals surface area (Å²) >= 11 is 0. The first-order valence-electron chi connectivity index (χ1n) is 9.48. The van der Waals surface area contributed by atoms with Crippen LogP contribution in [0, 0.1) is 17.0 Å². The van der Waals surface area contributed by atoms with Crippen molar-refractivity contribution < 1.29 is 19.2 Å². The fourth-order valence-corrected chi connectivity index (χ4v) is 2.85. The number of hydrogen-bond acceptors (Lipinski definition) is 5. The zero-order chi connectivity index (χ0) is 22.2. The smallest absolute Gasteiger partial charge is 0.331 e. The van der Waals surface area contributed by atoms with Gasteiger partial charge in [0.05, 0.1) is 10.5 Å². The first-order chi connectivity index (χ1) is 14.9. The van der Waals surface area contributed by atoms with E-state index in [9.17, 15) is 19.7 Å². The lowest BCUT2D eigenvalue weighted by molar-refractivity contribution is -0.385. The van der Waals surface area contributed by atoms with Gasteiger partial charge in [-0.15, -0.1) is 0 Å². The van der Waals surface area contributed by atoms with Crippen LogP contribution in [0.2, 0.25) is 0 Å². The Morgan fingerprint density at radius 3 is 2.29 bits per heavy atom. The highest BCUT2D eigenvalue weighted by Gasteiger charge is 2.24. The molecular weight excluding hydrogens is 396 g/mol. The van der Waals surface area contributed by atoms with Crippen molar-refractivity contribution in [2.24, 2.45) is 0 Å². The third-order valence-electron chi connectivity index (χ3n) is 4.43. The number of carbonyl (C=O) groups excluding carboxylic acids is 2. The summed E-state index contributed by atoms with van der Waals surface area (Å²) in [5, 5.41) is 13.9. The van der Waals surface area contributed by atoms with Gasteiger partial charge in [-0.25, -0.2) is 4.79 Å². The number of para-hydroxylation sites is 1. The van der Waals surface area contributed by atoms with Gasteiger partial charge in [0.25, 0.3) is 11.6 Å². The highest BCUT2D eigenvalue weighted by atomic mass is 16.6. The Bertz CT molecular complexity index is 1110. The summed E-state index contributed by atoms with van der Waals surface area (Å²) in [5.41, 5.74) is 2.24. The van der Waals surface area contributed by atoms with Crippen LogP contribution in [0.3, 0.4) is 0 Å². The third kappa shape index (κ3) is 5.86. The highest BCUT2D eigenvalue weighted by Crippen LogP contribution is 2.22. The number of hydrogen-bond donors (Lipinski definition) is 1. The Balaban J connectivity index is 1.79. The van der Waals surface area contributed by atoms with Crippen molar-refractivity contribution in [2.75, 3.05) is 5.32 Å². The maximum absolute atomic E-state index is 12.8. The average molecular weight is 416 g/mol. The second kappa shape index (κ2) is 9.98. The first kappa shape index (κ1) is 21.4. The minimum absolute atomic E-state index is 0.136. The van der Waals surface area contributed by atoms with Crippen LogP contribution >= 0.6 is 0 Å². The number of anilines is 1. The quantitative estimate of drug-likeness (QED) is 0.257.